The number of carboxylic acids is 2. The summed E-state index contributed by atoms with van der Waals surface area (Å²) < 4.78 is 0. The molecule has 0 saturated carbocycles. The first kappa shape index (κ1) is 12.6. The maximum absolute atomic E-state index is 11.1. The highest BCUT2D eigenvalue weighted by Crippen LogP contribution is 2.40. The predicted molar refractivity (Wildman–Crippen MR) is 64.5 cm³/mol. The smallest absolute Gasteiger partial charge is 0.335 e. The minimum absolute atomic E-state index is 0.0305. The Morgan fingerprint density at radius 1 is 1.28 bits per heavy atom. The van der Waals surface area contributed by atoms with E-state index in [-0.39, 0.29) is 18.5 Å². The quantitative estimate of drug-likeness (QED) is 0.736. The molecule has 1 aliphatic rings. The number of aliphatic carboxylic acids is 1. The largest absolute Gasteiger partial charge is 0.481 e. The minimum atomic E-state index is -0.977. The maximum atomic E-state index is 11.1. The van der Waals surface area contributed by atoms with Gasteiger partial charge < -0.3 is 15.9 Å². The van der Waals surface area contributed by atoms with Crippen LogP contribution in [0.5, 0.6) is 0 Å². The second-order valence-electron chi connectivity index (χ2n) is 4.88. The molecule has 0 saturated heterocycles. The van der Waals surface area contributed by atoms with Crippen LogP contribution in [0.3, 0.4) is 0 Å². The number of fused-ring (bicyclic) bond motifs is 1. The van der Waals surface area contributed by atoms with Crippen molar-refractivity contribution in [3.05, 3.63) is 34.9 Å². The predicted octanol–water partition coefficient (Wildman–Crippen LogP) is 0.903. The molecule has 5 heteroatoms. The van der Waals surface area contributed by atoms with Crippen molar-refractivity contribution in [3.63, 3.8) is 0 Å². The first-order chi connectivity index (χ1) is 8.47. The van der Waals surface area contributed by atoms with Gasteiger partial charge in [-0.05, 0) is 36.6 Å². The summed E-state index contributed by atoms with van der Waals surface area (Å²) in [5.41, 5.74) is 7.06. The van der Waals surface area contributed by atoms with Crippen LogP contribution in [0.15, 0.2) is 18.2 Å². The molecule has 1 aromatic rings. The van der Waals surface area contributed by atoms with Crippen molar-refractivity contribution in [3.8, 4) is 0 Å². The van der Waals surface area contributed by atoms with Crippen molar-refractivity contribution < 1.29 is 19.8 Å². The zero-order chi connectivity index (χ0) is 13.3. The van der Waals surface area contributed by atoms with Crippen molar-refractivity contribution in [1.82, 2.24) is 0 Å². The third-order valence-corrected chi connectivity index (χ3v) is 3.58. The van der Waals surface area contributed by atoms with E-state index >= 15 is 0 Å². The standard InChI is InChI=1S/C13H15NO4/c14-7-13(6-11(15)16)4-8-2-1-3-9(12(17)18)10(8)5-13/h1-3H,4-7,14H2,(H,15,16)(H,17,18). The Labute approximate surface area is 104 Å². The van der Waals surface area contributed by atoms with E-state index in [0.29, 0.717) is 12.8 Å². The summed E-state index contributed by atoms with van der Waals surface area (Å²) >= 11 is 0. The number of rotatable bonds is 4. The lowest BCUT2D eigenvalue weighted by Crippen LogP contribution is -2.33. The Hall–Kier alpha value is -1.88. The van der Waals surface area contributed by atoms with Gasteiger partial charge in [0.05, 0.1) is 12.0 Å². The van der Waals surface area contributed by atoms with E-state index in [1.165, 1.54) is 0 Å². The van der Waals surface area contributed by atoms with Crippen LogP contribution < -0.4 is 5.73 Å². The van der Waals surface area contributed by atoms with E-state index in [4.69, 9.17) is 15.9 Å². The summed E-state index contributed by atoms with van der Waals surface area (Å²) in [5, 5.41) is 18.1. The maximum Gasteiger partial charge on any atom is 0.335 e. The third kappa shape index (κ3) is 2.09. The first-order valence-corrected chi connectivity index (χ1v) is 5.73. The molecule has 18 heavy (non-hydrogen) atoms. The first-order valence-electron chi connectivity index (χ1n) is 5.73. The zero-order valence-corrected chi connectivity index (χ0v) is 9.85. The van der Waals surface area contributed by atoms with Gasteiger partial charge in [-0.2, -0.15) is 0 Å². The van der Waals surface area contributed by atoms with Crippen LogP contribution in [0.1, 0.15) is 27.9 Å². The number of aromatic carboxylic acids is 1. The normalized spacial score (nSPS) is 21.6. The fraction of sp³-hybridized carbons (Fsp3) is 0.385. The molecule has 0 radical (unpaired) electrons. The third-order valence-electron chi connectivity index (χ3n) is 3.58. The second kappa shape index (κ2) is 4.42. The van der Waals surface area contributed by atoms with E-state index < -0.39 is 17.4 Å². The molecule has 4 N–H and O–H groups in total. The summed E-state index contributed by atoms with van der Waals surface area (Å²) in [6.45, 7) is 0.243. The lowest BCUT2D eigenvalue weighted by molar-refractivity contribution is -0.139. The van der Waals surface area contributed by atoms with Gasteiger partial charge in [0, 0.05) is 5.41 Å². The average molecular weight is 249 g/mol. The van der Waals surface area contributed by atoms with Crippen LogP contribution in [0, 0.1) is 5.41 Å². The van der Waals surface area contributed by atoms with E-state index in [2.05, 4.69) is 0 Å². The van der Waals surface area contributed by atoms with Crippen LogP contribution in [0.25, 0.3) is 0 Å². The molecule has 0 aromatic heterocycles. The van der Waals surface area contributed by atoms with Gasteiger partial charge in [-0.15, -0.1) is 0 Å². The molecule has 1 unspecified atom stereocenters. The van der Waals surface area contributed by atoms with Gasteiger partial charge in [0.25, 0.3) is 0 Å². The number of benzene rings is 1. The Morgan fingerprint density at radius 3 is 2.56 bits per heavy atom. The molecule has 1 aliphatic carbocycles. The van der Waals surface area contributed by atoms with E-state index in [9.17, 15) is 9.59 Å². The highest BCUT2D eigenvalue weighted by Gasteiger charge is 2.39. The number of hydrogen-bond acceptors (Lipinski definition) is 3. The Kier molecular flexibility index (Phi) is 3.09. The summed E-state index contributed by atoms with van der Waals surface area (Å²) in [6, 6.07) is 5.09. The summed E-state index contributed by atoms with van der Waals surface area (Å²) in [6.07, 6.45) is 0.928. The summed E-state index contributed by atoms with van der Waals surface area (Å²) in [7, 11) is 0. The lowest BCUT2D eigenvalue weighted by Gasteiger charge is -2.24. The van der Waals surface area contributed by atoms with Gasteiger partial charge in [-0.3, -0.25) is 4.79 Å². The lowest BCUT2D eigenvalue weighted by atomic mass is 9.81. The number of hydrogen-bond donors (Lipinski definition) is 3. The molecule has 2 rings (SSSR count). The highest BCUT2D eigenvalue weighted by molar-refractivity contribution is 5.90. The van der Waals surface area contributed by atoms with Crippen LogP contribution in [-0.2, 0) is 17.6 Å². The molecule has 96 valence electrons. The molecule has 0 fully saturated rings. The molecule has 0 heterocycles. The molecule has 0 bridgehead atoms. The van der Waals surface area contributed by atoms with Crippen molar-refractivity contribution in [1.29, 1.82) is 0 Å². The molecule has 1 atom stereocenters. The molecule has 0 amide bonds. The van der Waals surface area contributed by atoms with Gasteiger partial charge in [-0.25, -0.2) is 4.79 Å². The number of carbonyl (C=O) groups is 2. The number of carboxylic acid groups (broad SMARTS) is 2. The van der Waals surface area contributed by atoms with Crippen molar-refractivity contribution >= 4 is 11.9 Å². The monoisotopic (exact) mass is 249 g/mol. The molecule has 5 nitrogen and oxygen atoms in total. The summed E-state index contributed by atoms with van der Waals surface area (Å²) in [5.74, 6) is -1.87. The van der Waals surface area contributed by atoms with Crippen LogP contribution in [0.4, 0.5) is 0 Å². The Bertz CT molecular complexity index is 512. The molecular weight excluding hydrogens is 234 g/mol. The fourth-order valence-electron chi connectivity index (χ4n) is 2.71. The van der Waals surface area contributed by atoms with Gasteiger partial charge in [0.1, 0.15) is 0 Å². The molecule has 1 aromatic carbocycles. The minimum Gasteiger partial charge on any atom is -0.481 e. The Balaban J connectivity index is 2.39. The van der Waals surface area contributed by atoms with Gasteiger partial charge in [0.2, 0.25) is 0 Å². The molecule has 0 spiro atoms. The molecular formula is C13H15NO4. The van der Waals surface area contributed by atoms with Crippen LogP contribution in [-0.4, -0.2) is 28.7 Å². The molecule has 0 aliphatic heterocycles. The summed E-state index contributed by atoms with van der Waals surface area (Å²) in [4.78, 5) is 22.1. The van der Waals surface area contributed by atoms with Crippen molar-refractivity contribution in [2.75, 3.05) is 6.54 Å². The van der Waals surface area contributed by atoms with Gasteiger partial charge in [-0.1, -0.05) is 12.1 Å². The van der Waals surface area contributed by atoms with Gasteiger partial charge in [0.15, 0.2) is 0 Å². The topological polar surface area (TPSA) is 101 Å². The Morgan fingerprint density at radius 2 is 2.00 bits per heavy atom. The van der Waals surface area contributed by atoms with E-state index in [1.54, 1.807) is 12.1 Å². The highest BCUT2D eigenvalue weighted by atomic mass is 16.4. The van der Waals surface area contributed by atoms with Crippen LogP contribution in [0.2, 0.25) is 0 Å². The van der Waals surface area contributed by atoms with E-state index in [1.807, 2.05) is 6.07 Å². The van der Waals surface area contributed by atoms with Crippen molar-refractivity contribution in [2.45, 2.75) is 19.3 Å². The SMILES string of the molecule is NCC1(CC(=O)O)Cc2cccc(C(=O)O)c2C1. The average Bonchev–Trinajstić information content (AvgIpc) is 2.65. The second-order valence-corrected chi connectivity index (χ2v) is 4.88. The van der Waals surface area contributed by atoms with Crippen LogP contribution >= 0.6 is 0 Å². The van der Waals surface area contributed by atoms with Crippen molar-refractivity contribution in [2.24, 2.45) is 11.1 Å². The fourth-order valence-corrected chi connectivity index (χ4v) is 2.71. The van der Waals surface area contributed by atoms with E-state index in [0.717, 1.165) is 11.1 Å². The zero-order valence-electron chi connectivity index (χ0n) is 9.85. The van der Waals surface area contributed by atoms with Gasteiger partial charge >= 0.3 is 11.9 Å². The number of nitrogens with two attached hydrogens (primary N) is 1.